The maximum atomic E-state index is 13.4. The van der Waals surface area contributed by atoms with E-state index in [1.54, 1.807) is 0 Å². The Morgan fingerprint density at radius 3 is 1.93 bits per heavy atom. The SMILES string of the molecule is Cl.Fc1ccc(C(CN2CCC(N3CCNCC3)C2)c2ccc(F)cc2)cc1. The van der Waals surface area contributed by atoms with E-state index >= 15 is 0 Å². The molecule has 0 radical (unpaired) electrons. The van der Waals surface area contributed by atoms with Gasteiger partial charge in [0, 0.05) is 51.2 Å². The monoisotopic (exact) mass is 407 g/mol. The van der Waals surface area contributed by atoms with Gasteiger partial charge in [0.25, 0.3) is 0 Å². The highest BCUT2D eigenvalue weighted by Gasteiger charge is 2.30. The van der Waals surface area contributed by atoms with Crippen molar-refractivity contribution in [3.05, 3.63) is 71.3 Å². The summed E-state index contributed by atoms with van der Waals surface area (Å²) in [5.74, 6) is -0.332. The Morgan fingerprint density at radius 1 is 0.857 bits per heavy atom. The molecule has 0 amide bonds. The zero-order valence-corrected chi connectivity index (χ0v) is 16.8. The Balaban J connectivity index is 0.00000225. The molecule has 2 fully saturated rings. The van der Waals surface area contributed by atoms with Crippen LogP contribution in [0.3, 0.4) is 0 Å². The Bertz CT molecular complexity index is 687. The van der Waals surface area contributed by atoms with Gasteiger partial charge in [0.05, 0.1) is 0 Å². The molecular formula is C22H28ClF2N3. The Hall–Kier alpha value is -1.53. The number of benzene rings is 2. The van der Waals surface area contributed by atoms with E-state index in [0.717, 1.165) is 56.9 Å². The molecule has 1 N–H and O–H groups in total. The van der Waals surface area contributed by atoms with Crippen molar-refractivity contribution in [3.8, 4) is 0 Å². The van der Waals surface area contributed by atoms with Crippen molar-refractivity contribution in [2.75, 3.05) is 45.8 Å². The minimum Gasteiger partial charge on any atom is -0.314 e. The molecule has 2 aromatic carbocycles. The quantitative estimate of drug-likeness (QED) is 0.818. The van der Waals surface area contributed by atoms with Crippen molar-refractivity contribution in [2.45, 2.75) is 18.4 Å². The molecule has 28 heavy (non-hydrogen) atoms. The first kappa shape index (κ1) is 21.2. The predicted molar refractivity (Wildman–Crippen MR) is 111 cm³/mol. The van der Waals surface area contributed by atoms with E-state index in [2.05, 4.69) is 15.1 Å². The van der Waals surface area contributed by atoms with Gasteiger partial charge in [-0.3, -0.25) is 4.90 Å². The Morgan fingerprint density at radius 2 is 1.39 bits per heavy atom. The summed E-state index contributed by atoms with van der Waals surface area (Å²) in [5, 5.41) is 3.42. The second-order valence-corrected chi connectivity index (χ2v) is 7.64. The summed E-state index contributed by atoms with van der Waals surface area (Å²) < 4.78 is 26.8. The maximum Gasteiger partial charge on any atom is 0.123 e. The summed E-state index contributed by atoms with van der Waals surface area (Å²) in [6, 6.07) is 14.1. The third-order valence-electron chi connectivity index (χ3n) is 5.90. The first-order valence-corrected chi connectivity index (χ1v) is 9.87. The van der Waals surface area contributed by atoms with Crippen LogP contribution in [0.4, 0.5) is 8.78 Å². The fourth-order valence-electron chi connectivity index (χ4n) is 4.38. The molecule has 4 rings (SSSR count). The van der Waals surface area contributed by atoms with Crippen LogP contribution in [-0.2, 0) is 0 Å². The second kappa shape index (κ2) is 9.79. The fourth-order valence-corrected chi connectivity index (χ4v) is 4.38. The molecule has 1 unspecified atom stereocenters. The van der Waals surface area contributed by atoms with Crippen LogP contribution in [0, 0.1) is 11.6 Å². The van der Waals surface area contributed by atoms with Gasteiger partial charge in [-0.25, -0.2) is 8.78 Å². The molecule has 2 aliphatic heterocycles. The number of hydrogen-bond acceptors (Lipinski definition) is 3. The van der Waals surface area contributed by atoms with Gasteiger partial charge in [0.15, 0.2) is 0 Å². The lowest BCUT2D eigenvalue weighted by molar-refractivity contribution is 0.171. The number of hydrogen-bond donors (Lipinski definition) is 1. The van der Waals surface area contributed by atoms with Crippen LogP contribution >= 0.6 is 12.4 Å². The minimum atomic E-state index is -0.225. The van der Waals surface area contributed by atoms with E-state index in [9.17, 15) is 8.78 Å². The third-order valence-corrected chi connectivity index (χ3v) is 5.90. The van der Waals surface area contributed by atoms with Crippen molar-refractivity contribution in [2.24, 2.45) is 0 Å². The van der Waals surface area contributed by atoms with Gasteiger partial charge in [0.2, 0.25) is 0 Å². The number of piperazine rings is 1. The third kappa shape index (κ3) is 5.09. The summed E-state index contributed by atoms with van der Waals surface area (Å²) in [5.41, 5.74) is 2.15. The number of rotatable bonds is 5. The topological polar surface area (TPSA) is 18.5 Å². The molecule has 1 atom stereocenters. The van der Waals surface area contributed by atoms with Gasteiger partial charge in [0.1, 0.15) is 11.6 Å². The molecule has 0 saturated carbocycles. The minimum absolute atomic E-state index is 0. The van der Waals surface area contributed by atoms with Crippen LogP contribution in [-0.4, -0.2) is 61.7 Å². The standard InChI is InChI=1S/C22H27F2N3.ClH/c23-19-5-1-17(2-6-19)22(18-3-7-20(24)8-4-18)16-26-12-9-21(15-26)27-13-10-25-11-14-27;/h1-8,21-22,25H,9-16H2;1H. The highest BCUT2D eigenvalue weighted by molar-refractivity contribution is 5.85. The second-order valence-electron chi connectivity index (χ2n) is 7.64. The van der Waals surface area contributed by atoms with Crippen molar-refractivity contribution < 1.29 is 8.78 Å². The molecule has 2 aliphatic rings. The predicted octanol–water partition coefficient (Wildman–Crippen LogP) is 3.50. The number of nitrogens with one attached hydrogen (secondary N) is 1. The average Bonchev–Trinajstić information content (AvgIpc) is 3.17. The Labute approximate surface area is 172 Å². The maximum absolute atomic E-state index is 13.4. The summed E-state index contributed by atoms with van der Waals surface area (Å²) in [4.78, 5) is 5.10. The van der Waals surface area contributed by atoms with E-state index in [-0.39, 0.29) is 30.0 Å². The zero-order valence-electron chi connectivity index (χ0n) is 16.0. The molecule has 3 nitrogen and oxygen atoms in total. The molecule has 6 heteroatoms. The molecule has 0 aliphatic carbocycles. The summed E-state index contributed by atoms with van der Waals surface area (Å²) in [6.45, 7) is 7.41. The highest BCUT2D eigenvalue weighted by Crippen LogP contribution is 2.28. The van der Waals surface area contributed by atoms with Crippen molar-refractivity contribution in [1.29, 1.82) is 0 Å². The van der Waals surface area contributed by atoms with Gasteiger partial charge >= 0.3 is 0 Å². The van der Waals surface area contributed by atoms with Crippen LogP contribution in [0.2, 0.25) is 0 Å². The molecule has 2 aromatic rings. The molecule has 0 spiro atoms. The van der Waals surface area contributed by atoms with E-state index < -0.39 is 0 Å². The number of likely N-dealkylation sites (tertiary alicyclic amines) is 1. The molecular weight excluding hydrogens is 380 g/mol. The molecule has 0 bridgehead atoms. The van der Waals surface area contributed by atoms with E-state index in [4.69, 9.17) is 0 Å². The van der Waals surface area contributed by atoms with E-state index in [1.807, 2.05) is 24.3 Å². The molecule has 2 heterocycles. The molecule has 152 valence electrons. The number of halogens is 3. The lowest BCUT2D eigenvalue weighted by Gasteiger charge is -2.33. The normalized spacial score (nSPS) is 21.0. The van der Waals surface area contributed by atoms with Crippen molar-refractivity contribution in [1.82, 2.24) is 15.1 Å². The average molecular weight is 408 g/mol. The lowest BCUT2D eigenvalue weighted by Crippen LogP contribution is -2.49. The molecule has 0 aromatic heterocycles. The zero-order chi connectivity index (χ0) is 18.6. The van der Waals surface area contributed by atoms with Gasteiger partial charge in [-0.05, 0) is 48.4 Å². The van der Waals surface area contributed by atoms with E-state index in [0.29, 0.717) is 6.04 Å². The van der Waals surface area contributed by atoms with Crippen molar-refractivity contribution >= 4 is 12.4 Å². The summed E-state index contributed by atoms with van der Waals surface area (Å²) >= 11 is 0. The van der Waals surface area contributed by atoms with Gasteiger partial charge in [-0.2, -0.15) is 0 Å². The first-order chi connectivity index (χ1) is 13.2. The highest BCUT2D eigenvalue weighted by atomic mass is 35.5. The van der Waals surface area contributed by atoms with Crippen LogP contribution in [0.1, 0.15) is 23.5 Å². The van der Waals surface area contributed by atoms with Crippen molar-refractivity contribution in [3.63, 3.8) is 0 Å². The van der Waals surface area contributed by atoms with E-state index in [1.165, 1.54) is 30.7 Å². The van der Waals surface area contributed by atoms with Crippen LogP contribution < -0.4 is 5.32 Å². The van der Waals surface area contributed by atoms with Crippen LogP contribution in [0.5, 0.6) is 0 Å². The Kier molecular flexibility index (Phi) is 7.41. The van der Waals surface area contributed by atoms with Crippen LogP contribution in [0.15, 0.2) is 48.5 Å². The fraction of sp³-hybridized carbons (Fsp3) is 0.455. The summed E-state index contributed by atoms with van der Waals surface area (Å²) in [7, 11) is 0. The lowest BCUT2D eigenvalue weighted by atomic mass is 9.90. The first-order valence-electron chi connectivity index (χ1n) is 9.87. The largest absolute Gasteiger partial charge is 0.314 e. The smallest absolute Gasteiger partial charge is 0.123 e. The van der Waals surface area contributed by atoms with Gasteiger partial charge < -0.3 is 10.2 Å². The molecule has 2 saturated heterocycles. The van der Waals surface area contributed by atoms with Gasteiger partial charge in [-0.1, -0.05) is 24.3 Å². The number of nitrogens with zero attached hydrogens (tertiary/aromatic N) is 2. The summed E-state index contributed by atoms with van der Waals surface area (Å²) in [6.07, 6.45) is 1.19. The van der Waals surface area contributed by atoms with Gasteiger partial charge in [-0.15, -0.1) is 12.4 Å². The van der Waals surface area contributed by atoms with Crippen LogP contribution in [0.25, 0.3) is 0 Å².